The maximum absolute atomic E-state index is 12.1. The molecular formula is C14H15NO4. The third-order valence-electron chi connectivity index (χ3n) is 2.99. The van der Waals surface area contributed by atoms with E-state index in [0.29, 0.717) is 42.9 Å². The molecule has 1 aromatic rings. The van der Waals surface area contributed by atoms with E-state index in [1.807, 2.05) is 0 Å². The summed E-state index contributed by atoms with van der Waals surface area (Å²) in [5.74, 6) is -0.0697. The predicted molar refractivity (Wildman–Crippen MR) is 67.9 cm³/mol. The minimum Gasteiger partial charge on any atom is -0.392 e. The number of carbonyl (C=O) groups is 1. The first kappa shape index (κ1) is 13.7. The molecule has 1 aliphatic heterocycles. The topological polar surface area (TPSA) is 60.1 Å². The SMILES string of the molecule is [C-]#[N+]c1ccc(C(=O)CCC2OCCO2)c(CO)c1. The molecule has 2 rings (SSSR count). The first-order valence-corrected chi connectivity index (χ1v) is 6.12. The van der Waals surface area contributed by atoms with Crippen LogP contribution in [0.1, 0.15) is 28.8 Å². The second-order valence-electron chi connectivity index (χ2n) is 4.24. The number of benzene rings is 1. The molecule has 5 nitrogen and oxygen atoms in total. The molecule has 0 saturated carbocycles. The Morgan fingerprint density at radius 1 is 1.42 bits per heavy atom. The standard InChI is InChI=1S/C14H15NO4/c1-15-11-2-3-12(10(8-11)9-16)13(17)4-5-14-18-6-7-19-14/h2-3,8,14,16H,4-7,9H2. The van der Waals surface area contributed by atoms with Crippen LogP contribution in [0.3, 0.4) is 0 Å². The number of aliphatic hydroxyl groups excluding tert-OH is 1. The lowest BCUT2D eigenvalue weighted by Gasteiger charge is -2.10. The number of nitrogens with zero attached hydrogens (tertiary/aromatic N) is 1. The minimum atomic E-state index is -0.302. The zero-order valence-electron chi connectivity index (χ0n) is 10.5. The summed E-state index contributed by atoms with van der Waals surface area (Å²) in [6, 6.07) is 4.72. The van der Waals surface area contributed by atoms with Gasteiger partial charge in [-0.1, -0.05) is 18.2 Å². The molecule has 0 amide bonds. The number of carbonyl (C=O) groups excluding carboxylic acids is 1. The van der Waals surface area contributed by atoms with Crippen molar-refractivity contribution in [3.8, 4) is 0 Å². The minimum absolute atomic E-state index is 0.0697. The smallest absolute Gasteiger partial charge is 0.187 e. The van der Waals surface area contributed by atoms with Gasteiger partial charge in [0.25, 0.3) is 0 Å². The van der Waals surface area contributed by atoms with Crippen LogP contribution in [0.2, 0.25) is 0 Å². The lowest BCUT2D eigenvalue weighted by atomic mass is 10.00. The van der Waals surface area contributed by atoms with E-state index in [1.165, 1.54) is 0 Å². The van der Waals surface area contributed by atoms with E-state index in [4.69, 9.17) is 16.0 Å². The second-order valence-corrected chi connectivity index (χ2v) is 4.24. The molecule has 1 N–H and O–H groups in total. The van der Waals surface area contributed by atoms with Gasteiger partial charge in [0.2, 0.25) is 0 Å². The largest absolute Gasteiger partial charge is 0.392 e. The van der Waals surface area contributed by atoms with Gasteiger partial charge in [-0.25, -0.2) is 4.85 Å². The van der Waals surface area contributed by atoms with Gasteiger partial charge >= 0.3 is 0 Å². The molecule has 5 heteroatoms. The van der Waals surface area contributed by atoms with E-state index < -0.39 is 0 Å². The van der Waals surface area contributed by atoms with E-state index >= 15 is 0 Å². The molecule has 1 fully saturated rings. The molecule has 19 heavy (non-hydrogen) atoms. The first-order valence-electron chi connectivity index (χ1n) is 6.12. The number of hydrogen-bond acceptors (Lipinski definition) is 4. The monoisotopic (exact) mass is 261 g/mol. The van der Waals surface area contributed by atoms with Crippen LogP contribution in [-0.2, 0) is 16.1 Å². The molecule has 0 spiro atoms. The van der Waals surface area contributed by atoms with Crippen molar-refractivity contribution in [3.63, 3.8) is 0 Å². The fourth-order valence-electron chi connectivity index (χ4n) is 2.01. The van der Waals surface area contributed by atoms with Gasteiger partial charge in [0.1, 0.15) is 0 Å². The highest BCUT2D eigenvalue weighted by Gasteiger charge is 2.19. The molecule has 0 aliphatic carbocycles. The van der Waals surface area contributed by atoms with Crippen LogP contribution < -0.4 is 0 Å². The van der Waals surface area contributed by atoms with E-state index in [2.05, 4.69) is 4.85 Å². The zero-order valence-corrected chi connectivity index (χ0v) is 10.5. The molecule has 1 aromatic carbocycles. The van der Waals surface area contributed by atoms with Crippen molar-refractivity contribution in [2.24, 2.45) is 0 Å². The van der Waals surface area contributed by atoms with Gasteiger partial charge in [-0.15, -0.1) is 0 Å². The summed E-state index contributed by atoms with van der Waals surface area (Å²) in [6.45, 7) is 7.80. The fourth-order valence-corrected chi connectivity index (χ4v) is 2.01. The van der Waals surface area contributed by atoms with Crippen molar-refractivity contribution >= 4 is 11.5 Å². The second kappa shape index (κ2) is 6.43. The van der Waals surface area contributed by atoms with Crippen molar-refractivity contribution in [2.75, 3.05) is 13.2 Å². The van der Waals surface area contributed by atoms with Crippen LogP contribution >= 0.6 is 0 Å². The van der Waals surface area contributed by atoms with E-state index in [9.17, 15) is 9.90 Å². The Balaban J connectivity index is 2.03. The zero-order chi connectivity index (χ0) is 13.7. The maximum Gasteiger partial charge on any atom is 0.187 e. The Hall–Kier alpha value is -1.74. The molecule has 1 saturated heterocycles. The van der Waals surface area contributed by atoms with Crippen molar-refractivity contribution in [2.45, 2.75) is 25.7 Å². The highest BCUT2D eigenvalue weighted by atomic mass is 16.7. The van der Waals surface area contributed by atoms with Crippen molar-refractivity contribution in [1.29, 1.82) is 0 Å². The molecule has 0 atom stereocenters. The average molecular weight is 261 g/mol. The van der Waals surface area contributed by atoms with Gasteiger partial charge in [0.15, 0.2) is 17.8 Å². The Bertz CT molecular complexity index is 501. The summed E-state index contributed by atoms with van der Waals surface area (Å²) in [5, 5.41) is 9.26. The number of hydrogen-bond donors (Lipinski definition) is 1. The summed E-state index contributed by atoms with van der Waals surface area (Å²) >= 11 is 0. The van der Waals surface area contributed by atoms with Crippen molar-refractivity contribution in [3.05, 3.63) is 40.7 Å². The van der Waals surface area contributed by atoms with Crippen LogP contribution in [0.15, 0.2) is 18.2 Å². The van der Waals surface area contributed by atoms with Crippen LogP contribution in [0.4, 0.5) is 5.69 Å². The van der Waals surface area contributed by atoms with Crippen molar-refractivity contribution in [1.82, 2.24) is 0 Å². The van der Waals surface area contributed by atoms with Crippen LogP contribution in [-0.4, -0.2) is 30.4 Å². The fraction of sp³-hybridized carbons (Fsp3) is 0.429. The third-order valence-corrected chi connectivity index (χ3v) is 2.99. The summed E-state index contributed by atoms with van der Waals surface area (Å²) in [6.07, 6.45) is 0.507. The number of ketones is 1. The molecule has 1 aliphatic rings. The quantitative estimate of drug-likeness (QED) is 0.651. The molecule has 0 unspecified atom stereocenters. The molecule has 0 aromatic heterocycles. The van der Waals surface area contributed by atoms with Crippen LogP contribution in [0, 0.1) is 6.57 Å². The van der Waals surface area contributed by atoms with Crippen LogP contribution in [0.5, 0.6) is 0 Å². The Kier molecular flexibility index (Phi) is 4.63. The highest BCUT2D eigenvalue weighted by Crippen LogP contribution is 2.21. The average Bonchev–Trinajstić information content (AvgIpc) is 2.97. The van der Waals surface area contributed by atoms with Gasteiger partial charge in [-0.2, -0.15) is 0 Å². The number of Topliss-reactive ketones (excluding diaryl/α,β-unsaturated/α-hetero) is 1. The van der Waals surface area contributed by atoms with E-state index in [0.717, 1.165) is 0 Å². The predicted octanol–water partition coefficient (Wildman–Crippen LogP) is 2.07. The van der Waals surface area contributed by atoms with Gasteiger partial charge in [0.05, 0.1) is 26.4 Å². The summed E-state index contributed by atoms with van der Waals surface area (Å²) in [5.41, 5.74) is 1.38. The molecule has 1 heterocycles. The normalized spacial score (nSPS) is 15.4. The number of rotatable bonds is 5. The summed E-state index contributed by atoms with van der Waals surface area (Å²) in [7, 11) is 0. The first-order chi connectivity index (χ1) is 9.24. The van der Waals surface area contributed by atoms with Gasteiger partial charge < -0.3 is 14.6 Å². The molecule has 0 radical (unpaired) electrons. The van der Waals surface area contributed by atoms with Crippen LogP contribution in [0.25, 0.3) is 4.85 Å². The highest BCUT2D eigenvalue weighted by molar-refractivity contribution is 5.97. The van der Waals surface area contributed by atoms with Crippen molar-refractivity contribution < 1.29 is 19.4 Å². The number of ether oxygens (including phenoxy) is 2. The molecule has 100 valence electrons. The number of aliphatic hydroxyl groups is 1. The lowest BCUT2D eigenvalue weighted by molar-refractivity contribution is -0.0464. The molecule has 0 bridgehead atoms. The Morgan fingerprint density at radius 2 is 2.16 bits per heavy atom. The van der Waals surface area contributed by atoms with Gasteiger partial charge in [0, 0.05) is 18.4 Å². The summed E-state index contributed by atoms with van der Waals surface area (Å²) < 4.78 is 10.5. The van der Waals surface area contributed by atoms with E-state index in [-0.39, 0.29) is 18.7 Å². The Labute approximate surface area is 111 Å². The molecular weight excluding hydrogens is 246 g/mol. The van der Waals surface area contributed by atoms with Gasteiger partial charge in [-0.3, -0.25) is 4.79 Å². The third kappa shape index (κ3) is 3.38. The summed E-state index contributed by atoms with van der Waals surface area (Å²) in [4.78, 5) is 15.4. The van der Waals surface area contributed by atoms with Gasteiger partial charge in [-0.05, 0) is 5.56 Å². The lowest BCUT2D eigenvalue weighted by Crippen LogP contribution is -2.11. The Morgan fingerprint density at radius 3 is 2.79 bits per heavy atom. The van der Waals surface area contributed by atoms with E-state index in [1.54, 1.807) is 18.2 Å². The maximum atomic E-state index is 12.1.